The molecule has 1 atom stereocenters. The van der Waals surface area contributed by atoms with Gasteiger partial charge in [0.15, 0.2) is 0 Å². The Morgan fingerprint density at radius 2 is 1.95 bits per heavy atom. The summed E-state index contributed by atoms with van der Waals surface area (Å²) in [6.07, 6.45) is 1.86. The van der Waals surface area contributed by atoms with E-state index in [0.29, 0.717) is 13.2 Å². The number of esters is 1. The second kappa shape index (κ2) is 6.55. The van der Waals surface area contributed by atoms with Crippen LogP contribution in [0.3, 0.4) is 0 Å². The van der Waals surface area contributed by atoms with E-state index in [4.69, 9.17) is 4.74 Å². The molecule has 0 aliphatic heterocycles. The zero-order valence-electron chi connectivity index (χ0n) is 12.0. The highest BCUT2D eigenvalue weighted by molar-refractivity contribution is 5.86. The number of nitrogens with zero attached hydrogens (tertiary/aromatic N) is 1. The fourth-order valence-electron chi connectivity index (χ4n) is 2.14. The van der Waals surface area contributed by atoms with E-state index in [9.17, 15) is 9.59 Å². The number of ether oxygens (including phenoxy) is 1. The molecule has 0 radical (unpaired) electrons. The largest absolute Gasteiger partial charge is 0.464 e. The number of rotatable bonds is 6. The smallest absolute Gasteiger partial charge is 0.328 e. The zero-order valence-corrected chi connectivity index (χ0v) is 12.0. The van der Waals surface area contributed by atoms with Gasteiger partial charge < -0.3 is 9.64 Å². The molecule has 1 aliphatic rings. The number of carbonyl (C=O) groups is 2. The number of benzene rings is 1. The Kier molecular flexibility index (Phi) is 4.77. The molecule has 4 heteroatoms. The van der Waals surface area contributed by atoms with Crippen LogP contribution in [-0.4, -0.2) is 29.4 Å². The third kappa shape index (κ3) is 3.59. The monoisotopic (exact) mass is 275 g/mol. The molecule has 0 saturated heterocycles. The van der Waals surface area contributed by atoms with Gasteiger partial charge in [-0.05, 0) is 32.3 Å². The Bertz CT molecular complexity index is 468. The molecule has 1 amide bonds. The van der Waals surface area contributed by atoms with E-state index >= 15 is 0 Å². The molecule has 0 bridgehead atoms. The van der Waals surface area contributed by atoms with Crippen molar-refractivity contribution in [1.82, 2.24) is 4.90 Å². The lowest BCUT2D eigenvalue weighted by Crippen LogP contribution is -2.44. The predicted molar refractivity (Wildman–Crippen MR) is 75.8 cm³/mol. The summed E-state index contributed by atoms with van der Waals surface area (Å²) < 4.78 is 5.04. The van der Waals surface area contributed by atoms with Gasteiger partial charge in [0.2, 0.25) is 5.91 Å². The van der Waals surface area contributed by atoms with Crippen LogP contribution in [0.1, 0.15) is 32.3 Å². The van der Waals surface area contributed by atoms with Crippen LogP contribution < -0.4 is 0 Å². The molecule has 4 nitrogen and oxygen atoms in total. The second-order valence-corrected chi connectivity index (χ2v) is 5.15. The van der Waals surface area contributed by atoms with Crippen LogP contribution >= 0.6 is 0 Å². The van der Waals surface area contributed by atoms with Gasteiger partial charge in [-0.2, -0.15) is 0 Å². The van der Waals surface area contributed by atoms with E-state index in [0.717, 1.165) is 18.4 Å². The maximum atomic E-state index is 12.4. The van der Waals surface area contributed by atoms with Crippen LogP contribution in [0.15, 0.2) is 30.3 Å². The van der Waals surface area contributed by atoms with E-state index in [1.54, 1.807) is 18.7 Å². The highest BCUT2D eigenvalue weighted by atomic mass is 16.5. The fourth-order valence-corrected chi connectivity index (χ4v) is 2.14. The third-order valence-corrected chi connectivity index (χ3v) is 3.50. The summed E-state index contributed by atoms with van der Waals surface area (Å²) in [6.45, 7) is 4.30. The Morgan fingerprint density at radius 1 is 1.30 bits per heavy atom. The Balaban J connectivity index is 2.11. The van der Waals surface area contributed by atoms with Crippen LogP contribution in [0, 0.1) is 5.92 Å². The number of carbonyl (C=O) groups excluding carboxylic acids is 2. The summed E-state index contributed by atoms with van der Waals surface area (Å²) in [7, 11) is 0. The first-order valence-corrected chi connectivity index (χ1v) is 7.14. The summed E-state index contributed by atoms with van der Waals surface area (Å²) in [4.78, 5) is 25.9. The van der Waals surface area contributed by atoms with Gasteiger partial charge in [0.25, 0.3) is 0 Å². The molecule has 0 spiro atoms. The molecule has 1 fully saturated rings. The van der Waals surface area contributed by atoms with Crippen molar-refractivity contribution >= 4 is 11.9 Å². The standard InChI is InChI=1S/C16H21NO3/c1-3-20-16(19)12(2)17(15(18)14-9-10-14)11-13-7-5-4-6-8-13/h4-8,12,14H,3,9-11H2,1-2H3. The Labute approximate surface area is 119 Å². The minimum absolute atomic E-state index is 0.0643. The lowest BCUT2D eigenvalue weighted by molar-refractivity contribution is -0.155. The zero-order chi connectivity index (χ0) is 14.5. The molecule has 1 unspecified atom stereocenters. The molecule has 20 heavy (non-hydrogen) atoms. The predicted octanol–water partition coefficient (Wildman–Crippen LogP) is 2.38. The summed E-state index contributed by atoms with van der Waals surface area (Å²) in [5, 5.41) is 0. The van der Waals surface area contributed by atoms with E-state index in [1.165, 1.54) is 0 Å². The maximum Gasteiger partial charge on any atom is 0.328 e. The molecule has 1 aliphatic carbocycles. The van der Waals surface area contributed by atoms with Gasteiger partial charge in [-0.15, -0.1) is 0 Å². The molecular formula is C16H21NO3. The van der Waals surface area contributed by atoms with Crippen molar-refractivity contribution in [3.63, 3.8) is 0 Å². The first-order valence-electron chi connectivity index (χ1n) is 7.14. The highest BCUT2D eigenvalue weighted by Gasteiger charge is 2.37. The second-order valence-electron chi connectivity index (χ2n) is 5.15. The fraction of sp³-hybridized carbons (Fsp3) is 0.500. The van der Waals surface area contributed by atoms with Gasteiger partial charge >= 0.3 is 5.97 Å². The van der Waals surface area contributed by atoms with Crippen molar-refractivity contribution in [1.29, 1.82) is 0 Å². The summed E-state index contributed by atoms with van der Waals surface area (Å²) in [5.41, 5.74) is 1.03. The molecule has 0 heterocycles. The third-order valence-electron chi connectivity index (χ3n) is 3.50. The van der Waals surface area contributed by atoms with E-state index in [2.05, 4.69) is 0 Å². The first kappa shape index (κ1) is 14.6. The average molecular weight is 275 g/mol. The van der Waals surface area contributed by atoms with Crippen molar-refractivity contribution < 1.29 is 14.3 Å². The normalized spacial score (nSPS) is 15.5. The van der Waals surface area contributed by atoms with Crippen molar-refractivity contribution in [2.75, 3.05) is 6.61 Å². The van der Waals surface area contributed by atoms with Gasteiger partial charge in [0, 0.05) is 12.5 Å². The first-order chi connectivity index (χ1) is 9.63. The minimum Gasteiger partial charge on any atom is -0.464 e. The van der Waals surface area contributed by atoms with Gasteiger partial charge in [-0.1, -0.05) is 30.3 Å². The van der Waals surface area contributed by atoms with E-state index in [1.807, 2.05) is 30.3 Å². The number of hydrogen-bond acceptors (Lipinski definition) is 3. The van der Waals surface area contributed by atoms with Crippen LogP contribution in [0.2, 0.25) is 0 Å². The Hall–Kier alpha value is -1.84. The topological polar surface area (TPSA) is 46.6 Å². The molecule has 1 saturated carbocycles. The Morgan fingerprint density at radius 3 is 2.50 bits per heavy atom. The van der Waals surface area contributed by atoms with Crippen LogP contribution in [0.4, 0.5) is 0 Å². The van der Waals surface area contributed by atoms with Crippen LogP contribution in [0.25, 0.3) is 0 Å². The average Bonchev–Trinajstić information content (AvgIpc) is 3.29. The lowest BCUT2D eigenvalue weighted by atomic mass is 10.1. The molecule has 0 aromatic heterocycles. The van der Waals surface area contributed by atoms with E-state index in [-0.39, 0.29) is 17.8 Å². The van der Waals surface area contributed by atoms with Crippen molar-refractivity contribution in [2.24, 2.45) is 5.92 Å². The molecular weight excluding hydrogens is 254 g/mol. The summed E-state index contributed by atoms with van der Waals surface area (Å²) in [5.74, 6) is -0.178. The maximum absolute atomic E-state index is 12.4. The minimum atomic E-state index is -0.539. The lowest BCUT2D eigenvalue weighted by Gasteiger charge is -2.28. The van der Waals surface area contributed by atoms with Crippen LogP contribution in [0.5, 0.6) is 0 Å². The quantitative estimate of drug-likeness (QED) is 0.749. The number of amides is 1. The molecule has 2 rings (SSSR count). The molecule has 108 valence electrons. The summed E-state index contributed by atoms with van der Waals surface area (Å²) >= 11 is 0. The van der Waals surface area contributed by atoms with E-state index < -0.39 is 6.04 Å². The highest BCUT2D eigenvalue weighted by Crippen LogP contribution is 2.32. The molecule has 1 aromatic carbocycles. The van der Waals surface area contributed by atoms with Gasteiger partial charge in [-0.25, -0.2) is 4.79 Å². The SMILES string of the molecule is CCOC(=O)C(C)N(Cc1ccccc1)C(=O)C1CC1. The number of hydrogen-bond donors (Lipinski definition) is 0. The van der Waals surface area contributed by atoms with Gasteiger partial charge in [0.05, 0.1) is 6.61 Å². The summed E-state index contributed by atoms with van der Waals surface area (Å²) in [6, 6.07) is 9.19. The van der Waals surface area contributed by atoms with Crippen molar-refractivity contribution in [2.45, 2.75) is 39.3 Å². The van der Waals surface area contributed by atoms with Crippen molar-refractivity contribution in [3.05, 3.63) is 35.9 Å². The van der Waals surface area contributed by atoms with Crippen LogP contribution in [-0.2, 0) is 20.9 Å². The van der Waals surface area contributed by atoms with Gasteiger partial charge in [-0.3, -0.25) is 4.79 Å². The molecule has 0 N–H and O–H groups in total. The van der Waals surface area contributed by atoms with Gasteiger partial charge in [0.1, 0.15) is 6.04 Å². The molecule has 1 aromatic rings. The van der Waals surface area contributed by atoms with Crippen molar-refractivity contribution in [3.8, 4) is 0 Å².